The van der Waals surface area contributed by atoms with Crippen molar-refractivity contribution in [3.05, 3.63) is 35.4 Å². The molecule has 0 aromatic heterocycles. The van der Waals surface area contributed by atoms with Crippen LogP contribution < -0.4 is 10.6 Å². The van der Waals surface area contributed by atoms with Crippen LogP contribution in [0.1, 0.15) is 38.3 Å². The minimum Gasteiger partial charge on any atom is -0.351 e. The van der Waals surface area contributed by atoms with Gasteiger partial charge in [-0.25, -0.2) is 0 Å². The van der Waals surface area contributed by atoms with Crippen molar-refractivity contribution in [3.63, 3.8) is 0 Å². The first-order valence-electron chi connectivity index (χ1n) is 7.50. The minimum absolute atomic E-state index is 0. The first-order valence-corrected chi connectivity index (χ1v) is 7.50. The maximum Gasteiger partial charge on any atom is 0.230 e. The Morgan fingerprint density at radius 3 is 2.62 bits per heavy atom. The first kappa shape index (κ1) is 18.0. The number of carbonyl (C=O) groups is 1. The van der Waals surface area contributed by atoms with E-state index in [9.17, 15) is 4.79 Å². The van der Waals surface area contributed by atoms with Crippen molar-refractivity contribution in [3.8, 4) is 0 Å². The molecule has 1 heterocycles. The highest BCUT2D eigenvalue weighted by atomic mass is 35.5. The highest BCUT2D eigenvalue weighted by Gasteiger charge is 2.33. The summed E-state index contributed by atoms with van der Waals surface area (Å²) in [4.78, 5) is 12.7. The molecule has 0 spiro atoms. The molecule has 1 aliphatic heterocycles. The molecule has 1 aromatic carbocycles. The van der Waals surface area contributed by atoms with Crippen molar-refractivity contribution in [1.82, 2.24) is 10.6 Å². The van der Waals surface area contributed by atoms with Crippen LogP contribution in [0, 0.1) is 12.8 Å². The number of rotatable bonds is 3. The standard InChI is InChI=1S/C17H26N2O.ClH/c1-12-7-5-6-8-14(12)17(3,4)16(20)19-15-11-18-10-9-13(15)2;/h5-8,13,15,18H,9-11H2,1-4H3,(H,19,20);1H. The van der Waals surface area contributed by atoms with Crippen molar-refractivity contribution in [2.75, 3.05) is 13.1 Å². The maximum atomic E-state index is 12.7. The number of halogens is 1. The number of piperidine rings is 1. The largest absolute Gasteiger partial charge is 0.351 e. The molecule has 1 aliphatic rings. The second-order valence-corrected chi connectivity index (χ2v) is 6.49. The van der Waals surface area contributed by atoms with E-state index in [1.54, 1.807) is 0 Å². The molecule has 118 valence electrons. The molecule has 2 unspecified atom stereocenters. The van der Waals surface area contributed by atoms with E-state index in [0.717, 1.165) is 25.1 Å². The fourth-order valence-corrected chi connectivity index (χ4v) is 2.93. The number of hydrogen-bond donors (Lipinski definition) is 2. The summed E-state index contributed by atoms with van der Waals surface area (Å²) in [6.07, 6.45) is 1.12. The molecule has 2 atom stereocenters. The molecule has 0 aliphatic carbocycles. The molecule has 3 nitrogen and oxygen atoms in total. The van der Waals surface area contributed by atoms with Crippen LogP contribution in [0.2, 0.25) is 0 Å². The van der Waals surface area contributed by atoms with E-state index in [1.807, 2.05) is 26.0 Å². The summed E-state index contributed by atoms with van der Waals surface area (Å²) in [6, 6.07) is 8.37. The lowest BCUT2D eigenvalue weighted by Gasteiger charge is -2.34. The lowest BCUT2D eigenvalue weighted by atomic mass is 9.80. The smallest absolute Gasteiger partial charge is 0.230 e. The lowest BCUT2D eigenvalue weighted by Crippen LogP contribution is -2.54. The summed E-state index contributed by atoms with van der Waals surface area (Å²) in [5.74, 6) is 0.653. The fourth-order valence-electron chi connectivity index (χ4n) is 2.93. The molecular formula is C17H27ClN2O. The van der Waals surface area contributed by atoms with E-state index in [0.29, 0.717) is 5.92 Å². The van der Waals surface area contributed by atoms with Crippen LogP contribution in [0.4, 0.5) is 0 Å². The van der Waals surface area contributed by atoms with Gasteiger partial charge < -0.3 is 10.6 Å². The Kier molecular flexibility index (Phi) is 6.24. The molecule has 1 aromatic rings. The molecule has 0 radical (unpaired) electrons. The third kappa shape index (κ3) is 3.98. The number of hydrogen-bond acceptors (Lipinski definition) is 2. The Morgan fingerprint density at radius 2 is 2.00 bits per heavy atom. The van der Waals surface area contributed by atoms with Gasteiger partial charge in [-0.1, -0.05) is 31.2 Å². The van der Waals surface area contributed by atoms with Gasteiger partial charge in [-0.2, -0.15) is 0 Å². The quantitative estimate of drug-likeness (QED) is 0.901. The predicted octanol–water partition coefficient (Wildman–Crippen LogP) is 2.81. The maximum absolute atomic E-state index is 12.7. The number of aryl methyl sites for hydroxylation is 1. The zero-order chi connectivity index (χ0) is 14.8. The highest BCUT2D eigenvalue weighted by Crippen LogP contribution is 2.27. The Bertz CT molecular complexity index is 487. The van der Waals surface area contributed by atoms with Gasteiger partial charge >= 0.3 is 0 Å². The SMILES string of the molecule is Cc1ccccc1C(C)(C)C(=O)NC1CNCCC1C.Cl. The van der Waals surface area contributed by atoms with Crippen molar-refractivity contribution in [2.24, 2.45) is 5.92 Å². The zero-order valence-electron chi connectivity index (χ0n) is 13.4. The summed E-state index contributed by atoms with van der Waals surface area (Å²) in [6.45, 7) is 10.2. The third-order valence-electron chi connectivity index (χ3n) is 4.53. The Labute approximate surface area is 134 Å². The highest BCUT2D eigenvalue weighted by molar-refractivity contribution is 5.88. The van der Waals surface area contributed by atoms with Crippen LogP contribution in [0.15, 0.2) is 24.3 Å². The minimum atomic E-state index is -0.498. The molecule has 1 saturated heterocycles. The van der Waals surface area contributed by atoms with Crippen LogP contribution in [0.3, 0.4) is 0 Å². The van der Waals surface area contributed by atoms with Gasteiger partial charge in [0.05, 0.1) is 5.41 Å². The Morgan fingerprint density at radius 1 is 1.33 bits per heavy atom. The molecule has 1 fully saturated rings. The van der Waals surface area contributed by atoms with E-state index in [2.05, 4.69) is 36.6 Å². The van der Waals surface area contributed by atoms with Gasteiger partial charge in [-0.3, -0.25) is 4.79 Å². The van der Waals surface area contributed by atoms with Gasteiger partial charge in [-0.05, 0) is 50.8 Å². The molecule has 0 saturated carbocycles. The van der Waals surface area contributed by atoms with Crippen LogP contribution >= 0.6 is 12.4 Å². The van der Waals surface area contributed by atoms with E-state index in [-0.39, 0.29) is 24.4 Å². The van der Waals surface area contributed by atoms with Crippen molar-refractivity contribution >= 4 is 18.3 Å². The lowest BCUT2D eigenvalue weighted by molar-refractivity contribution is -0.126. The van der Waals surface area contributed by atoms with Crippen molar-refractivity contribution in [1.29, 1.82) is 0 Å². The van der Waals surface area contributed by atoms with E-state index in [1.165, 1.54) is 5.56 Å². The zero-order valence-corrected chi connectivity index (χ0v) is 14.2. The predicted molar refractivity (Wildman–Crippen MR) is 90.0 cm³/mol. The summed E-state index contributed by atoms with van der Waals surface area (Å²) < 4.78 is 0. The second-order valence-electron chi connectivity index (χ2n) is 6.49. The summed E-state index contributed by atoms with van der Waals surface area (Å²) in [5.41, 5.74) is 1.78. The van der Waals surface area contributed by atoms with Gasteiger partial charge in [0.2, 0.25) is 5.91 Å². The van der Waals surface area contributed by atoms with E-state index < -0.39 is 5.41 Å². The molecule has 0 bridgehead atoms. The summed E-state index contributed by atoms with van der Waals surface area (Å²) in [5, 5.41) is 6.59. The molecule has 21 heavy (non-hydrogen) atoms. The molecule has 2 rings (SSSR count). The van der Waals surface area contributed by atoms with Gasteiger partial charge in [0.15, 0.2) is 0 Å². The first-order chi connectivity index (χ1) is 9.43. The van der Waals surface area contributed by atoms with Gasteiger partial charge in [0, 0.05) is 12.6 Å². The molecular weight excluding hydrogens is 284 g/mol. The molecule has 4 heteroatoms. The van der Waals surface area contributed by atoms with Crippen molar-refractivity contribution in [2.45, 2.75) is 45.6 Å². The number of nitrogens with one attached hydrogen (secondary N) is 2. The summed E-state index contributed by atoms with van der Waals surface area (Å²) >= 11 is 0. The number of benzene rings is 1. The number of carbonyl (C=O) groups excluding carboxylic acids is 1. The number of amides is 1. The summed E-state index contributed by atoms with van der Waals surface area (Å²) in [7, 11) is 0. The normalized spacial score (nSPS) is 22.3. The van der Waals surface area contributed by atoms with Gasteiger partial charge in [0.25, 0.3) is 0 Å². The van der Waals surface area contributed by atoms with Crippen LogP contribution in [-0.4, -0.2) is 25.0 Å². The Hall–Kier alpha value is -1.06. The third-order valence-corrected chi connectivity index (χ3v) is 4.53. The Balaban J connectivity index is 0.00000220. The van der Waals surface area contributed by atoms with Gasteiger partial charge in [-0.15, -0.1) is 12.4 Å². The van der Waals surface area contributed by atoms with Crippen molar-refractivity contribution < 1.29 is 4.79 Å². The van der Waals surface area contributed by atoms with E-state index in [4.69, 9.17) is 0 Å². The van der Waals surface area contributed by atoms with E-state index >= 15 is 0 Å². The second kappa shape index (κ2) is 7.28. The van der Waals surface area contributed by atoms with Crippen LogP contribution in [-0.2, 0) is 10.2 Å². The molecule has 2 N–H and O–H groups in total. The topological polar surface area (TPSA) is 41.1 Å². The molecule has 1 amide bonds. The average Bonchev–Trinajstić information content (AvgIpc) is 2.41. The van der Waals surface area contributed by atoms with Crippen LogP contribution in [0.25, 0.3) is 0 Å². The monoisotopic (exact) mass is 310 g/mol. The van der Waals surface area contributed by atoms with Crippen LogP contribution in [0.5, 0.6) is 0 Å². The fraction of sp³-hybridized carbons (Fsp3) is 0.588. The average molecular weight is 311 g/mol. The van der Waals surface area contributed by atoms with Gasteiger partial charge in [0.1, 0.15) is 0 Å².